The molecule has 1 aromatic carbocycles. The van der Waals surface area contributed by atoms with Crippen molar-refractivity contribution in [3.05, 3.63) is 47.2 Å². The number of nitrogens with two attached hydrogens (primary N) is 1. The average molecular weight is 496 g/mol. The fourth-order valence-corrected chi connectivity index (χ4v) is 3.79. The Morgan fingerprint density at radius 1 is 1.03 bits per heavy atom. The molecule has 2 fully saturated rings. The molecule has 194 valence electrons. The maximum atomic E-state index is 12.3. The van der Waals surface area contributed by atoms with Crippen molar-refractivity contribution < 1.29 is 32.3 Å². The Balaban J connectivity index is 0.000000299. The van der Waals surface area contributed by atoms with E-state index >= 15 is 0 Å². The number of hydrogen-bond acceptors (Lipinski definition) is 5. The van der Waals surface area contributed by atoms with E-state index in [0.717, 1.165) is 43.4 Å². The number of rotatable bonds is 4. The summed E-state index contributed by atoms with van der Waals surface area (Å²) in [6, 6.07) is 4.06. The zero-order valence-corrected chi connectivity index (χ0v) is 20.9. The van der Waals surface area contributed by atoms with Gasteiger partial charge in [0.25, 0.3) is 0 Å². The van der Waals surface area contributed by atoms with Crippen LogP contribution in [-0.2, 0) is 20.6 Å². The SMILES string of the molecule is CC(C)C(N)=CC(=O)c1ccc(C(F)(F)F)cc1.CC1(C)CC(=O)CC(=O)C1.O=CC1CCCC1. The molecule has 1 aromatic rings. The molecule has 8 heteroatoms. The van der Waals surface area contributed by atoms with Gasteiger partial charge in [-0.05, 0) is 36.3 Å². The number of hydrogen-bond donors (Lipinski definition) is 1. The van der Waals surface area contributed by atoms with Gasteiger partial charge in [0.2, 0.25) is 0 Å². The van der Waals surface area contributed by atoms with Gasteiger partial charge in [0.15, 0.2) is 5.78 Å². The number of aldehydes is 1. The Kier molecular flexibility index (Phi) is 11.5. The third-order valence-corrected chi connectivity index (χ3v) is 5.80. The molecule has 0 atom stereocenters. The van der Waals surface area contributed by atoms with Gasteiger partial charge in [0.1, 0.15) is 17.9 Å². The molecular formula is C27H36F3NO4. The van der Waals surface area contributed by atoms with Gasteiger partial charge < -0.3 is 10.5 Å². The minimum atomic E-state index is -4.39. The van der Waals surface area contributed by atoms with Crippen LogP contribution < -0.4 is 5.73 Å². The fraction of sp³-hybridized carbons (Fsp3) is 0.556. The van der Waals surface area contributed by atoms with Crippen LogP contribution in [0.2, 0.25) is 0 Å². The van der Waals surface area contributed by atoms with E-state index in [2.05, 4.69) is 0 Å². The number of carbonyl (C=O) groups is 4. The van der Waals surface area contributed by atoms with Crippen LogP contribution in [-0.4, -0.2) is 23.6 Å². The lowest BCUT2D eigenvalue weighted by Gasteiger charge is -2.26. The van der Waals surface area contributed by atoms with E-state index in [1.54, 1.807) is 0 Å². The smallest absolute Gasteiger partial charge is 0.402 e. The highest BCUT2D eigenvalue weighted by Crippen LogP contribution is 2.31. The molecule has 2 aliphatic rings. The van der Waals surface area contributed by atoms with E-state index in [-0.39, 0.29) is 34.9 Å². The van der Waals surface area contributed by atoms with Gasteiger partial charge in [-0.15, -0.1) is 0 Å². The second-order valence-corrected chi connectivity index (χ2v) is 10.2. The summed E-state index contributed by atoms with van der Waals surface area (Å²) in [5.74, 6) is 0.237. The molecule has 0 aliphatic heterocycles. The summed E-state index contributed by atoms with van der Waals surface area (Å²) in [5, 5.41) is 0. The van der Waals surface area contributed by atoms with Gasteiger partial charge in [0.05, 0.1) is 12.0 Å². The fourth-order valence-electron chi connectivity index (χ4n) is 3.79. The maximum absolute atomic E-state index is 12.3. The largest absolute Gasteiger partial charge is 0.416 e. The van der Waals surface area contributed by atoms with Crippen LogP contribution in [0.5, 0.6) is 0 Å². The number of carbonyl (C=O) groups excluding carboxylic acids is 4. The molecule has 0 aromatic heterocycles. The van der Waals surface area contributed by atoms with Gasteiger partial charge in [-0.1, -0.05) is 52.7 Å². The number of ketones is 3. The van der Waals surface area contributed by atoms with Crippen molar-refractivity contribution in [3.63, 3.8) is 0 Å². The van der Waals surface area contributed by atoms with Crippen molar-refractivity contribution in [1.29, 1.82) is 0 Å². The molecule has 2 N–H and O–H groups in total. The monoisotopic (exact) mass is 495 g/mol. The van der Waals surface area contributed by atoms with Crippen LogP contribution in [0.1, 0.15) is 88.6 Å². The standard InChI is InChI=1S/C13H14F3NO.C8H12O2.C6H10O/c1-8(2)11(17)7-12(18)9-3-5-10(6-4-9)13(14,15)16;1-8(2)4-6(9)3-7(10)5-8;7-5-6-3-1-2-4-6/h3-8H,17H2,1-2H3;3-5H2,1-2H3;5-6H,1-4H2. The molecule has 0 heterocycles. The molecule has 0 amide bonds. The quantitative estimate of drug-likeness (QED) is 0.236. The van der Waals surface area contributed by atoms with Crippen molar-refractivity contribution in [1.82, 2.24) is 0 Å². The first-order chi connectivity index (χ1) is 16.1. The van der Waals surface area contributed by atoms with Gasteiger partial charge in [-0.2, -0.15) is 13.2 Å². The van der Waals surface area contributed by atoms with Crippen molar-refractivity contribution in [2.45, 2.75) is 78.8 Å². The molecule has 35 heavy (non-hydrogen) atoms. The summed E-state index contributed by atoms with van der Waals surface area (Å²) in [5.41, 5.74) is 5.35. The summed E-state index contributed by atoms with van der Waals surface area (Å²) in [4.78, 5) is 43.4. The van der Waals surface area contributed by atoms with E-state index in [1.807, 2.05) is 27.7 Å². The topological polar surface area (TPSA) is 94.3 Å². The van der Waals surface area contributed by atoms with Gasteiger partial charge in [0, 0.05) is 36.1 Å². The predicted octanol–water partition coefficient (Wildman–Crippen LogP) is 6.10. The first kappa shape index (κ1) is 30.3. The molecule has 2 aliphatic carbocycles. The van der Waals surface area contributed by atoms with Crippen LogP contribution >= 0.6 is 0 Å². The average Bonchev–Trinajstić information content (AvgIpc) is 3.26. The van der Waals surface area contributed by atoms with Crippen molar-refractivity contribution in [2.75, 3.05) is 0 Å². The van der Waals surface area contributed by atoms with E-state index in [1.165, 1.54) is 18.9 Å². The zero-order chi connectivity index (χ0) is 26.8. The zero-order valence-electron chi connectivity index (χ0n) is 20.9. The Morgan fingerprint density at radius 3 is 1.86 bits per heavy atom. The molecular weight excluding hydrogens is 459 g/mol. The summed E-state index contributed by atoms with van der Waals surface area (Å²) in [6.07, 6.45) is 4.06. The van der Waals surface area contributed by atoms with Crippen LogP contribution in [0.25, 0.3) is 0 Å². The van der Waals surface area contributed by atoms with E-state index in [4.69, 9.17) is 5.73 Å². The van der Waals surface area contributed by atoms with E-state index in [0.29, 0.717) is 24.5 Å². The highest BCUT2D eigenvalue weighted by Gasteiger charge is 2.31. The summed E-state index contributed by atoms with van der Waals surface area (Å²) in [6.45, 7) is 7.57. The summed E-state index contributed by atoms with van der Waals surface area (Å²) < 4.78 is 37.0. The molecule has 0 radical (unpaired) electrons. The Labute approximate surface area is 205 Å². The summed E-state index contributed by atoms with van der Waals surface area (Å²) in [7, 11) is 0. The molecule has 0 saturated heterocycles. The Hall–Kier alpha value is -2.77. The number of benzene rings is 1. The Bertz CT molecular complexity index is 891. The van der Waals surface area contributed by atoms with E-state index in [9.17, 15) is 32.3 Å². The predicted molar refractivity (Wildman–Crippen MR) is 129 cm³/mol. The van der Waals surface area contributed by atoms with Gasteiger partial charge in [-0.3, -0.25) is 14.4 Å². The molecule has 0 spiro atoms. The number of halogens is 3. The third-order valence-electron chi connectivity index (χ3n) is 5.80. The highest BCUT2D eigenvalue weighted by molar-refractivity contribution is 6.05. The van der Waals surface area contributed by atoms with Crippen molar-refractivity contribution in [3.8, 4) is 0 Å². The highest BCUT2D eigenvalue weighted by atomic mass is 19.4. The first-order valence-electron chi connectivity index (χ1n) is 11.8. The minimum Gasteiger partial charge on any atom is -0.402 e. The first-order valence-corrected chi connectivity index (χ1v) is 11.8. The van der Waals surface area contributed by atoms with Crippen molar-refractivity contribution >= 4 is 23.6 Å². The molecule has 0 unspecified atom stereocenters. The lowest BCUT2D eigenvalue weighted by Crippen LogP contribution is -2.28. The van der Waals surface area contributed by atoms with E-state index < -0.39 is 17.5 Å². The summed E-state index contributed by atoms with van der Waals surface area (Å²) >= 11 is 0. The number of allylic oxidation sites excluding steroid dienone is 2. The second-order valence-electron chi connectivity index (χ2n) is 10.2. The second kappa shape index (κ2) is 13.4. The lowest BCUT2D eigenvalue weighted by atomic mass is 9.76. The maximum Gasteiger partial charge on any atom is 0.416 e. The van der Waals surface area contributed by atoms with Crippen molar-refractivity contribution in [2.24, 2.45) is 23.0 Å². The minimum absolute atomic E-state index is 0.0170. The lowest BCUT2D eigenvalue weighted by molar-refractivity contribution is -0.137. The van der Waals surface area contributed by atoms with Crippen LogP contribution in [0.4, 0.5) is 13.2 Å². The van der Waals surface area contributed by atoms with Crippen LogP contribution in [0.3, 0.4) is 0 Å². The van der Waals surface area contributed by atoms with Gasteiger partial charge >= 0.3 is 6.18 Å². The third kappa shape index (κ3) is 11.5. The molecule has 5 nitrogen and oxygen atoms in total. The van der Waals surface area contributed by atoms with Gasteiger partial charge in [-0.25, -0.2) is 0 Å². The molecule has 3 rings (SSSR count). The molecule has 2 saturated carbocycles. The number of alkyl halides is 3. The number of Topliss-reactive ketones (excluding diaryl/α,β-unsaturated/α-hetero) is 2. The molecule has 0 bridgehead atoms. The normalized spacial score (nSPS) is 18.3. The van der Waals surface area contributed by atoms with Crippen LogP contribution in [0, 0.1) is 17.3 Å². The van der Waals surface area contributed by atoms with Crippen LogP contribution in [0.15, 0.2) is 36.0 Å². The Morgan fingerprint density at radius 2 is 1.51 bits per heavy atom.